The normalized spacial score (nSPS) is 37.6. The first kappa shape index (κ1) is 13.0. The Morgan fingerprint density at radius 3 is 2.71 bits per heavy atom. The molecule has 0 aromatic rings. The molecule has 0 bridgehead atoms. The van der Waals surface area contributed by atoms with Crippen molar-refractivity contribution in [2.24, 2.45) is 0 Å². The van der Waals surface area contributed by atoms with Gasteiger partial charge in [-0.05, 0) is 13.8 Å². The summed E-state index contributed by atoms with van der Waals surface area (Å²) in [5.41, 5.74) is 0. The van der Waals surface area contributed by atoms with Crippen LogP contribution < -0.4 is 0 Å². The Morgan fingerprint density at radius 1 is 1.47 bits per heavy atom. The Kier molecular flexibility index (Phi) is 3.55. The fourth-order valence-electron chi connectivity index (χ4n) is 2.01. The van der Waals surface area contributed by atoms with Gasteiger partial charge in [0.15, 0.2) is 11.9 Å². The van der Waals surface area contributed by atoms with E-state index in [1.54, 1.807) is 13.8 Å². The van der Waals surface area contributed by atoms with Gasteiger partial charge in [0.05, 0.1) is 6.61 Å². The third-order valence-electron chi connectivity index (χ3n) is 2.71. The molecule has 2 heterocycles. The predicted octanol–water partition coefficient (Wildman–Crippen LogP) is -0.440. The number of aliphatic hydroxyl groups is 2. The van der Waals surface area contributed by atoms with E-state index in [1.807, 2.05) is 0 Å². The SMILES string of the molecule is CC1(C)O[C@@H]([C@H](O)CO)[C@H]([C@@H]2COC(=S)O2)O1. The summed E-state index contributed by atoms with van der Waals surface area (Å²) >= 11 is 4.77. The van der Waals surface area contributed by atoms with Crippen LogP contribution in [0.4, 0.5) is 0 Å². The second-order valence-corrected chi connectivity index (χ2v) is 4.87. The lowest BCUT2D eigenvalue weighted by molar-refractivity contribution is -0.160. The zero-order valence-electron chi connectivity index (χ0n) is 9.66. The maximum absolute atomic E-state index is 9.70. The molecular formula is C10H16O6S. The van der Waals surface area contributed by atoms with E-state index in [0.29, 0.717) is 0 Å². The number of rotatable bonds is 3. The van der Waals surface area contributed by atoms with Crippen molar-refractivity contribution in [3.63, 3.8) is 0 Å². The summed E-state index contributed by atoms with van der Waals surface area (Å²) in [7, 11) is 0. The van der Waals surface area contributed by atoms with Crippen molar-refractivity contribution in [2.45, 2.75) is 44.1 Å². The summed E-state index contributed by atoms with van der Waals surface area (Å²) in [6.07, 6.45) is -2.63. The van der Waals surface area contributed by atoms with Gasteiger partial charge >= 0.3 is 5.24 Å². The van der Waals surface area contributed by atoms with Crippen molar-refractivity contribution in [2.75, 3.05) is 13.2 Å². The fourth-order valence-corrected chi connectivity index (χ4v) is 2.20. The molecule has 7 heteroatoms. The number of hydrogen-bond donors (Lipinski definition) is 2. The largest absolute Gasteiger partial charge is 0.453 e. The highest BCUT2D eigenvalue weighted by Crippen LogP contribution is 2.34. The minimum atomic E-state index is -1.03. The lowest BCUT2D eigenvalue weighted by Gasteiger charge is -2.23. The minimum absolute atomic E-state index is 0.0699. The molecule has 2 aliphatic rings. The summed E-state index contributed by atoms with van der Waals surface area (Å²) in [6.45, 7) is 3.33. The fraction of sp³-hybridized carbons (Fsp3) is 0.900. The van der Waals surface area contributed by atoms with E-state index < -0.39 is 36.8 Å². The molecule has 0 aromatic carbocycles. The zero-order valence-corrected chi connectivity index (χ0v) is 10.5. The molecule has 4 atom stereocenters. The van der Waals surface area contributed by atoms with Gasteiger partial charge in [0.1, 0.15) is 24.9 Å². The van der Waals surface area contributed by atoms with Crippen LogP contribution >= 0.6 is 12.2 Å². The van der Waals surface area contributed by atoms with Crippen molar-refractivity contribution in [1.29, 1.82) is 0 Å². The van der Waals surface area contributed by atoms with Crippen LogP contribution in [0.3, 0.4) is 0 Å². The maximum Gasteiger partial charge on any atom is 0.352 e. The van der Waals surface area contributed by atoms with Crippen LogP contribution in [0, 0.1) is 0 Å². The van der Waals surface area contributed by atoms with E-state index in [-0.39, 0.29) is 11.8 Å². The van der Waals surface area contributed by atoms with Crippen molar-refractivity contribution >= 4 is 17.5 Å². The molecule has 0 spiro atoms. The lowest BCUT2D eigenvalue weighted by atomic mass is 10.0. The Hall–Kier alpha value is -0.470. The average molecular weight is 264 g/mol. The second-order valence-electron chi connectivity index (χ2n) is 4.53. The molecule has 0 saturated carbocycles. The first-order valence-corrected chi connectivity index (χ1v) is 5.82. The maximum atomic E-state index is 9.70. The number of aliphatic hydroxyl groups excluding tert-OH is 2. The van der Waals surface area contributed by atoms with Crippen LogP contribution in [-0.4, -0.2) is 58.9 Å². The first-order chi connectivity index (χ1) is 7.93. The standard InChI is InChI=1S/C10H16O6S/c1-10(2)15-7(5(12)3-11)8(16-10)6-4-13-9(17)14-6/h5-8,11-12H,3-4H2,1-2H3/t5-,6+,7+,8+/m1/s1. The Balaban J connectivity index is 2.10. The van der Waals surface area contributed by atoms with Gasteiger partial charge in [-0.2, -0.15) is 0 Å². The Bertz CT molecular complexity index is 307. The zero-order chi connectivity index (χ0) is 12.6. The topological polar surface area (TPSA) is 77.4 Å². The molecule has 98 valence electrons. The molecule has 0 unspecified atom stereocenters. The number of thiocarbonyl (C=S) groups is 1. The highest BCUT2D eigenvalue weighted by Gasteiger charge is 2.50. The highest BCUT2D eigenvalue weighted by molar-refractivity contribution is 7.79. The third kappa shape index (κ3) is 2.69. The molecule has 0 aromatic heterocycles. The number of hydrogen-bond acceptors (Lipinski definition) is 7. The molecular weight excluding hydrogens is 248 g/mol. The monoisotopic (exact) mass is 264 g/mol. The van der Waals surface area contributed by atoms with Crippen LogP contribution in [-0.2, 0) is 18.9 Å². The molecule has 2 rings (SSSR count). The van der Waals surface area contributed by atoms with Gasteiger partial charge < -0.3 is 29.2 Å². The van der Waals surface area contributed by atoms with Gasteiger partial charge in [-0.15, -0.1) is 0 Å². The van der Waals surface area contributed by atoms with Crippen LogP contribution in [0.2, 0.25) is 0 Å². The molecule has 2 aliphatic heterocycles. The summed E-state index contributed by atoms with van der Waals surface area (Å²) in [5, 5.41) is 18.8. The van der Waals surface area contributed by atoms with Crippen molar-refractivity contribution in [3.05, 3.63) is 0 Å². The molecule has 0 radical (unpaired) electrons. The summed E-state index contributed by atoms with van der Waals surface area (Å²) < 4.78 is 21.5. The molecule has 2 saturated heterocycles. The molecule has 0 amide bonds. The highest BCUT2D eigenvalue weighted by atomic mass is 32.1. The molecule has 6 nitrogen and oxygen atoms in total. The Labute approximate surface area is 104 Å². The van der Waals surface area contributed by atoms with Gasteiger partial charge in [-0.25, -0.2) is 0 Å². The van der Waals surface area contributed by atoms with Crippen LogP contribution in [0.5, 0.6) is 0 Å². The quantitative estimate of drug-likeness (QED) is 0.669. The predicted molar refractivity (Wildman–Crippen MR) is 60.3 cm³/mol. The molecule has 2 fully saturated rings. The van der Waals surface area contributed by atoms with Crippen LogP contribution in [0.1, 0.15) is 13.8 Å². The van der Waals surface area contributed by atoms with E-state index in [0.717, 1.165) is 0 Å². The van der Waals surface area contributed by atoms with E-state index >= 15 is 0 Å². The first-order valence-electron chi connectivity index (χ1n) is 5.41. The summed E-state index contributed by atoms with van der Waals surface area (Å²) in [6, 6.07) is 0. The van der Waals surface area contributed by atoms with E-state index in [9.17, 15) is 5.11 Å². The van der Waals surface area contributed by atoms with Crippen molar-refractivity contribution in [1.82, 2.24) is 0 Å². The second kappa shape index (κ2) is 4.66. The van der Waals surface area contributed by atoms with Crippen LogP contribution in [0.15, 0.2) is 0 Å². The van der Waals surface area contributed by atoms with Crippen molar-refractivity contribution < 1.29 is 29.2 Å². The van der Waals surface area contributed by atoms with E-state index in [1.165, 1.54) is 0 Å². The minimum Gasteiger partial charge on any atom is -0.453 e. The summed E-state index contributed by atoms with van der Waals surface area (Å²) in [5.74, 6) is -0.834. The third-order valence-corrected chi connectivity index (χ3v) is 2.92. The molecule has 0 aliphatic carbocycles. The average Bonchev–Trinajstić information content (AvgIpc) is 2.80. The van der Waals surface area contributed by atoms with Gasteiger partial charge in [0.2, 0.25) is 0 Å². The van der Waals surface area contributed by atoms with Gasteiger partial charge in [-0.3, -0.25) is 0 Å². The van der Waals surface area contributed by atoms with Gasteiger partial charge in [-0.1, -0.05) is 0 Å². The van der Waals surface area contributed by atoms with Crippen LogP contribution in [0.25, 0.3) is 0 Å². The molecule has 2 N–H and O–H groups in total. The van der Waals surface area contributed by atoms with Gasteiger partial charge in [0.25, 0.3) is 0 Å². The van der Waals surface area contributed by atoms with E-state index in [4.69, 9.17) is 36.3 Å². The van der Waals surface area contributed by atoms with Crippen molar-refractivity contribution in [3.8, 4) is 0 Å². The summed E-state index contributed by atoms with van der Waals surface area (Å²) in [4.78, 5) is 0. The molecule has 17 heavy (non-hydrogen) atoms. The smallest absolute Gasteiger partial charge is 0.352 e. The lowest BCUT2D eigenvalue weighted by Crippen LogP contribution is -2.44. The number of ether oxygens (including phenoxy) is 4. The Morgan fingerprint density at radius 2 is 2.18 bits per heavy atom. The van der Waals surface area contributed by atoms with E-state index in [2.05, 4.69) is 0 Å². The van der Waals surface area contributed by atoms with Gasteiger partial charge in [0, 0.05) is 12.2 Å².